The Morgan fingerprint density at radius 1 is 0.661 bits per heavy atom. The van der Waals surface area contributed by atoms with Crippen LogP contribution in [0, 0.1) is 41.5 Å². The van der Waals surface area contributed by atoms with Crippen LogP contribution in [0.25, 0.3) is 11.1 Å². The molecule has 2 saturated carbocycles. The summed E-state index contributed by atoms with van der Waals surface area (Å²) in [6.07, 6.45) is 6.16. The molecule has 0 atom stereocenters. The van der Waals surface area contributed by atoms with Crippen LogP contribution in [-0.2, 0) is 33.3 Å². The second-order valence-electron chi connectivity index (χ2n) is 16.8. The first-order valence-electron chi connectivity index (χ1n) is 20.4. The predicted octanol–water partition coefficient (Wildman–Crippen LogP) is 9.78. The van der Waals surface area contributed by atoms with E-state index >= 15 is 0 Å². The molecule has 3 N–H and O–H groups in total. The Hall–Kier alpha value is -3.55. The third kappa shape index (κ3) is 10.7. The molecule has 2 spiro atoms. The van der Waals surface area contributed by atoms with Crippen molar-refractivity contribution in [1.29, 1.82) is 0 Å². The number of thiocarbonyl (C=S) groups is 2. The van der Waals surface area contributed by atoms with Gasteiger partial charge in [-0.3, -0.25) is 9.59 Å². The lowest BCUT2D eigenvalue weighted by Crippen LogP contribution is -2.51. The van der Waals surface area contributed by atoms with Crippen molar-refractivity contribution >= 4 is 68.7 Å². The van der Waals surface area contributed by atoms with E-state index in [-0.39, 0.29) is 38.5 Å². The number of carbonyl (C=O) groups excluding carboxylic acids is 2. The van der Waals surface area contributed by atoms with Crippen LogP contribution >= 0.6 is 36.0 Å². The smallest absolute Gasteiger partial charge is 0.357 e. The first kappa shape index (κ1) is 48.1. The first-order valence-corrected chi connectivity index (χ1v) is 21.6. The number of ether oxygens (including phenoxy) is 5. The number of aryl methyl sites for hydroxylation is 6. The monoisotopic (exact) mass is 870 g/mol. The van der Waals surface area contributed by atoms with Gasteiger partial charge in [-0.25, -0.2) is 0 Å². The van der Waals surface area contributed by atoms with E-state index in [1.807, 2.05) is 48.5 Å². The summed E-state index contributed by atoms with van der Waals surface area (Å²) >= 11 is 14.4. The Balaban J connectivity index is 0.000000236. The molecule has 4 aliphatic rings. The van der Waals surface area contributed by atoms with E-state index in [9.17, 15) is 14.7 Å². The summed E-state index contributed by atoms with van der Waals surface area (Å²) in [4.78, 5) is 26.0. The highest BCUT2D eigenvalue weighted by Gasteiger charge is 2.53. The number of benzene rings is 2. The topological polar surface area (TPSA) is 125 Å². The van der Waals surface area contributed by atoms with Gasteiger partial charge in [-0.15, -0.1) is 0 Å². The van der Waals surface area contributed by atoms with Gasteiger partial charge in [-0.2, -0.15) is 0 Å². The second kappa shape index (κ2) is 19.4. The minimum absolute atomic E-state index is 0.0222. The quantitative estimate of drug-likeness (QED) is 0.183. The third-order valence-corrected chi connectivity index (χ3v) is 12.8. The highest BCUT2D eigenvalue weighted by atomic mass is 35.5. The normalized spacial score (nSPS) is 26.1. The summed E-state index contributed by atoms with van der Waals surface area (Å²) in [6, 6.07) is 8.31. The van der Waals surface area contributed by atoms with Crippen molar-refractivity contribution in [2.45, 2.75) is 143 Å². The maximum atomic E-state index is 13.2. The van der Waals surface area contributed by atoms with Gasteiger partial charge in [-0.05, 0) is 178 Å². The van der Waals surface area contributed by atoms with Crippen LogP contribution in [0.2, 0.25) is 0 Å². The maximum absolute atomic E-state index is 13.2. The van der Waals surface area contributed by atoms with Crippen molar-refractivity contribution in [2.75, 3.05) is 27.4 Å². The molecular formula is C46H63ClN2O8S2. The zero-order valence-corrected chi connectivity index (χ0v) is 39.3. The lowest BCUT2D eigenvalue weighted by Gasteiger charge is -2.43. The number of halogens is 1. The van der Waals surface area contributed by atoms with E-state index < -0.39 is 11.1 Å². The lowest BCUT2D eigenvalue weighted by atomic mass is 9.73. The van der Waals surface area contributed by atoms with E-state index in [0.717, 1.165) is 83.0 Å². The van der Waals surface area contributed by atoms with Crippen LogP contribution in [0.5, 0.6) is 0 Å². The van der Waals surface area contributed by atoms with Gasteiger partial charge in [0, 0.05) is 25.4 Å². The van der Waals surface area contributed by atoms with E-state index in [0.29, 0.717) is 43.0 Å². The van der Waals surface area contributed by atoms with Gasteiger partial charge in [0.15, 0.2) is 0 Å². The summed E-state index contributed by atoms with van der Waals surface area (Å²) in [6.45, 7) is 21.8. The molecule has 6 rings (SSSR count). The highest BCUT2D eigenvalue weighted by molar-refractivity contribution is 7.82. The minimum Gasteiger partial charge on any atom is -0.509 e. The van der Waals surface area contributed by atoms with Crippen LogP contribution in [0.15, 0.2) is 35.8 Å². The molecule has 10 nitrogen and oxygen atoms in total. The molecule has 59 heavy (non-hydrogen) atoms. The molecule has 13 heteroatoms. The molecule has 0 aromatic heterocycles. The summed E-state index contributed by atoms with van der Waals surface area (Å²) < 4.78 is 27.3. The fourth-order valence-corrected chi connectivity index (χ4v) is 9.44. The minimum atomic E-state index is -0.632. The number of carbonyl (C=O) groups is 2. The van der Waals surface area contributed by atoms with Crippen molar-refractivity contribution in [3.63, 3.8) is 0 Å². The van der Waals surface area contributed by atoms with E-state index in [2.05, 4.69) is 72.6 Å². The van der Waals surface area contributed by atoms with Gasteiger partial charge in [-0.1, -0.05) is 35.4 Å². The SMILES string of the molecule is CCOC1(C)CCC2(CC1)NC(=O)C(c1c(C)cc(C)cc1C)=C2O.CCOC1(C)CCC2(CC1)NC(=O)C(c1c(C)cc(C)cc1C)=C2OC(=S)OC.COC(=S)Cl. The van der Waals surface area contributed by atoms with Crippen molar-refractivity contribution < 1.29 is 38.4 Å². The number of nitrogens with one attached hydrogen (secondary N) is 2. The van der Waals surface area contributed by atoms with Crippen molar-refractivity contribution in [1.82, 2.24) is 10.6 Å². The number of amides is 2. The van der Waals surface area contributed by atoms with Crippen LogP contribution in [0.4, 0.5) is 0 Å². The molecule has 2 aromatic rings. The molecule has 2 heterocycles. The average Bonchev–Trinajstić information content (AvgIpc) is 3.55. The molecule has 2 aliphatic carbocycles. The number of aliphatic hydroxyl groups is 1. The Kier molecular flexibility index (Phi) is 15.9. The highest BCUT2D eigenvalue weighted by Crippen LogP contribution is 2.48. The zero-order chi connectivity index (χ0) is 44.1. The number of methoxy groups -OCH3 is 2. The summed E-state index contributed by atoms with van der Waals surface area (Å²) in [5.74, 6) is 0.524. The van der Waals surface area contributed by atoms with Crippen molar-refractivity contribution in [3.8, 4) is 0 Å². The third-order valence-electron chi connectivity index (χ3n) is 12.2. The van der Waals surface area contributed by atoms with Crippen LogP contribution in [-0.4, -0.2) is 76.4 Å². The predicted molar refractivity (Wildman–Crippen MR) is 243 cm³/mol. The zero-order valence-electron chi connectivity index (χ0n) is 36.9. The molecule has 2 fully saturated rings. The molecule has 0 unspecified atom stereocenters. The number of hydrogen-bond acceptors (Lipinski definition) is 10. The van der Waals surface area contributed by atoms with Gasteiger partial charge in [0.1, 0.15) is 11.5 Å². The molecule has 0 radical (unpaired) electrons. The number of aliphatic hydroxyl groups excluding tert-OH is 1. The van der Waals surface area contributed by atoms with Gasteiger partial charge >= 0.3 is 5.24 Å². The molecule has 2 aliphatic heterocycles. The Morgan fingerprint density at radius 3 is 1.39 bits per heavy atom. The molecule has 2 amide bonds. The van der Waals surface area contributed by atoms with Gasteiger partial charge in [0.25, 0.3) is 16.3 Å². The number of rotatable bonds is 7. The van der Waals surface area contributed by atoms with E-state index in [1.165, 1.54) is 14.2 Å². The maximum Gasteiger partial charge on any atom is 0.357 e. The van der Waals surface area contributed by atoms with Crippen LogP contribution < -0.4 is 10.6 Å². The molecule has 2 aromatic carbocycles. The first-order chi connectivity index (χ1) is 27.6. The van der Waals surface area contributed by atoms with Gasteiger partial charge in [0.2, 0.25) is 0 Å². The number of hydrogen-bond donors (Lipinski definition) is 3. The van der Waals surface area contributed by atoms with Crippen LogP contribution in [0.3, 0.4) is 0 Å². The molecule has 0 saturated heterocycles. The van der Waals surface area contributed by atoms with Gasteiger partial charge in [0.05, 0.1) is 47.6 Å². The molecule has 324 valence electrons. The largest absolute Gasteiger partial charge is 0.509 e. The fraction of sp³-hybridized carbons (Fsp3) is 0.565. The summed E-state index contributed by atoms with van der Waals surface area (Å²) in [5.41, 5.74) is 7.72. The summed E-state index contributed by atoms with van der Waals surface area (Å²) in [5, 5.41) is 17.4. The summed E-state index contributed by atoms with van der Waals surface area (Å²) in [7, 11) is 2.91. The molecule has 0 bridgehead atoms. The van der Waals surface area contributed by atoms with E-state index in [4.69, 9.17) is 42.8 Å². The second-order valence-corrected chi connectivity index (χ2v) is 18.1. The Morgan fingerprint density at radius 2 is 1.02 bits per heavy atom. The Labute approximate surface area is 366 Å². The van der Waals surface area contributed by atoms with Gasteiger partial charge < -0.3 is 39.4 Å². The lowest BCUT2D eigenvalue weighted by molar-refractivity contribution is -0.118. The van der Waals surface area contributed by atoms with Crippen molar-refractivity contribution in [3.05, 3.63) is 80.3 Å². The van der Waals surface area contributed by atoms with Crippen LogP contribution in [0.1, 0.15) is 124 Å². The fourth-order valence-electron chi connectivity index (χ4n) is 9.36. The van der Waals surface area contributed by atoms with Crippen molar-refractivity contribution in [2.24, 2.45) is 0 Å². The van der Waals surface area contributed by atoms with E-state index in [1.54, 1.807) is 0 Å². The molecular weight excluding hydrogens is 808 g/mol. The Bertz CT molecular complexity index is 1960. The standard InChI is InChI=1S/C23H31NO4S.C21H29NO3.C2H3ClOS/c1-7-27-22(5)8-10-23(11-9-22)19(28-21(29)26-6)18(20(25)24-23)17-15(3)12-14(2)13-16(17)4;1-6-25-20(5)7-9-21(10-8-20)18(23)17(19(24)22-21)16-14(3)11-13(2)12-15(16)4;1-4-2(3)5/h12-13H,7-11H2,1-6H3,(H,24,25);11-12,23H,6-10H2,1-5H3,(H,22,24);1H3. The average molecular weight is 872 g/mol.